The van der Waals surface area contributed by atoms with Crippen molar-refractivity contribution in [2.24, 2.45) is 0 Å². The first-order valence-corrected chi connectivity index (χ1v) is 11.1. The minimum atomic E-state index is -0.383. The molecule has 0 saturated carbocycles. The van der Waals surface area contributed by atoms with Gasteiger partial charge in [-0.15, -0.1) is 0 Å². The van der Waals surface area contributed by atoms with Crippen LogP contribution >= 0.6 is 0 Å². The van der Waals surface area contributed by atoms with Crippen LogP contribution in [-0.4, -0.2) is 48.0 Å². The van der Waals surface area contributed by atoms with Gasteiger partial charge in [0.05, 0.1) is 31.5 Å². The first-order valence-electron chi connectivity index (χ1n) is 11.1. The van der Waals surface area contributed by atoms with Gasteiger partial charge in [-0.1, -0.05) is 19.1 Å². The van der Waals surface area contributed by atoms with Gasteiger partial charge in [0.2, 0.25) is 11.8 Å². The van der Waals surface area contributed by atoms with Gasteiger partial charge in [-0.25, -0.2) is 4.39 Å². The number of nitriles is 1. The first-order chi connectivity index (χ1) is 16.8. The Bertz CT molecular complexity index is 1260. The van der Waals surface area contributed by atoms with Gasteiger partial charge in [0.15, 0.2) is 0 Å². The van der Waals surface area contributed by atoms with E-state index in [4.69, 9.17) is 4.74 Å². The van der Waals surface area contributed by atoms with Crippen LogP contribution in [0, 0.1) is 31.0 Å². The molecule has 1 heterocycles. The zero-order valence-electron chi connectivity index (χ0n) is 20.2. The van der Waals surface area contributed by atoms with Crippen molar-refractivity contribution in [2.75, 3.05) is 37.4 Å². The Balaban J connectivity index is 1.75. The van der Waals surface area contributed by atoms with E-state index >= 15 is 0 Å². The molecule has 0 saturated heterocycles. The summed E-state index contributed by atoms with van der Waals surface area (Å²) in [5, 5.41) is 15.3. The van der Waals surface area contributed by atoms with Crippen LogP contribution in [0.4, 0.5) is 15.9 Å². The molecule has 8 nitrogen and oxygen atoms in total. The molecule has 2 aromatic carbocycles. The molecule has 0 unspecified atom stereocenters. The monoisotopic (exact) mass is 477 g/mol. The Labute approximate surface area is 203 Å². The summed E-state index contributed by atoms with van der Waals surface area (Å²) in [6.45, 7) is 5.85. The highest BCUT2D eigenvalue weighted by Gasteiger charge is 2.22. The topological polar surface area (TPSA) is 99.4 Å². The number of ether oxygens (including phenoxy) is 1. The number of rotatable bonds is 9. The molecule has 0 aliphatic carbocycles. The molecular formula is C26H28FN5O3. The fourth-order valence-corrected chi connectivity index (χ4v) is 3.77. The maximum Gasteiger partial charge on any atom is 0.239 e. The second-order valence-electron chi connectivity index (χ2n) is 7.96. The molecule has 1 aromatic heterocycles. The summed E-state index contributed by atoms with van der Waals surface area (Å²) < 4.78 is 20.4. The lowest BCUT2D eigenvalue weighted by atomic mass is 10.2. The third-order valence-corrected chi connectivity index (χ3v) is 5.73. The van der Waals surface area contributed by atoms with Crippen LogP contribution in [0.2, 0.25) is 0 Å². The fourth-order valence-electron chi connectivity index (χ4n) is 3.77. The van der Waals surface area contributed by atoms with Gasteiger partial charge < -0.3 is 15.4 Å². The Morgan fingerprint density at radius 1 is 1.06 bits per heavy atom. The lowest BCUT2D eigenvalue weighted by Crippen LogP contribution is -2.39. The molecule has 0 bridgehead atoms. The minimum absolute atomic E-state index is 0.00982. The lowest BCUT2D eigenvalue weighted by Gasteiger charge is -2.20. The number of benzene rings is 2. The normalized spacial score (nSPS) is 10.7. The largest absolute Gasteiger partial charge is 0.495 e. The summed E-state index contributed by atoms with van der Waals surface area (Å²) in [4.78, 5) is 27.2. The standard InChI is InChI=1S/C26H28FN5O3/c1-5-31(15-24(33)29-22-8-6-7-9-23(22)35-4)16-25(34)30-26-21(14-28)17(2)18(3)32(26)20-12-10-19(27)11-13-20/h6-13H,5,15-16H2,1-4H3,(H,29,33)(H,30,34). The van der Waals surface area contributed by atoms with E-state index in [-0.39, 0.29) is 30.7 Å². The van der Waals surface area contributed by atoms with Gasteiger partial charge in [-0.2, -0.15) is 5.26 Å². The number of amides is 2. The predicted octanol–water partition coefficient (Wildman–Crippen LogP) is 4.01. The van der Waals surface area contributed by atoms with Crippen molar-refractivity contribution in [1.82, 2.24) is 9.47 Å². The summed E-state index contributed by atoms with van der Waals surface area (Å²) in [6.07, 6.45) is 0. The van der Waals surface area contributed by atoms with Crippen molar-refractivity contribution in [3.05, 3.63) is 71.2 Å². The van der Waals surface area contributed by atoms with E-state index in [1.165, 1.54) is 19.2 Å². The van der Waals surface area contributed by atoms with Gasteiger partial charge >= 0.3 is 0 Å². The van der Waals surface area contributed by atoms with Crippen LogP contribution in [0.3, 0.4) is 0 Å². The number of hydrogen-bond acceptors (Lipinski definition) is 5. The number of carbonyl (C=O) groups is 2. The van der Waals surface area contributed by atoms with Gasteiger partial charge in [0.1, 0.15) is 23.5 Å². The van der Waals surface area contributed by atoms with Crippen LogP contribution in [0.15, 0.2) is 48.5 Å². The maximum absolute atomic E-state index is 13.5. The minimum Gasteiger partial charge on any atom is -0.495 e. The molecule has 182 valence electrons. The number of hydrogen-bond donors (Lipinski definition) is 2. The quantitative estimate of drug-likeness (QED) is 0.485. The predicted molar refractivity (Wildman–Crippen MR) is 132 cm³/mol. The van der Waals surface area contributed by atoms with E-state index in [0.29, 0.717) is 35.1 Å². The highest BCUT2D eigenvalue weighted by molar-refractivity contribution is 5.96. The highest BCUT2D eigenvalue weighted by Crippen LogP contribution is 2.30. The van der Waals surface area contributed by atoms with Crippen molar-refractivity contribution in [1.29, 1.82) is 5.26 Å². The lowest BCUT2D eigenvalue weighted by molar-refractivity contribution is -0.119. The number of anilines is 2. The first kappa shape index (κ1) is 25.5. The van der Waals surface area contributed by atoms with Crippen LogP contribution in [0.5, 0.6) is 5.75 Å². The zero-order valence-corrected chi connectivity index (χ0v) is 20.2. The van der Waals surface area contributed by atoms with E-state index in [1.807, 2.05) is 13.8 Å². The van der Waals surface area contributed by atoms with Crippen molar-refractivity contribution in [3.63, 3.8) is 0 Å². The number of nitrogens with zero attached hydrogens (tertiary/aromatic N) is 3. The van der Waals surface area contributed by atoms with Crippen LogP contribution in [0.1, 0.15) is 23.7 Å². The molecule has 0 atom stereocenters. The summed E-state index contributed by atoms with van der Waals surface area (Å²) in [6, 6.07) is 15.0. The molecule has 0 radical (unpaired) electrons. The Hall–Kier alpha value is -4.16. The van der Waals surface area contributed by atoms with E-state index in [0.717, 1.165) is 11.3 Å². The number of halogens is 1. The summed E-state index contributed by atoms with van der Waals surface area (Å²) in [7, 11) is 1.52. The number of nitrogens with one attached hydrogen (secondary N) is 2. The van der Waals surface area contributed by atoms with Crippen LogP contribution < -0.4 is 15.4 Å². The second-order valence-corrected chi connectivity index (χ2v) is 7.96. The average Bonchev–Trinajstić information content (AvgIpc) is 3.08. The molecule has 0 fully saturated rings. The van der Waals surface area contributed by atoms with Gasteiger partial charge in [0, 0.05) is 11.4 Å². The van der Waals surface area contributed by atoms with E-state index in [2.05, 4.69) is 16.7 Å². The molecular weight excluding hydrogens is 449 g/mol. The number of para-hydroxylation sites is 2. The molecule has 35 heavy (non-hydrogen) atoms. The van der Waals surface area contributed by atoms with Crippen molar-refractivity contribution in [3.8, 4) is 17.5 Å². The average molecular weight is 478 g/mol. The van der Waals surface area contributed by atoms with Gasteiger partial charge in [-0.3, -0.25) is 19.1 Å². The molecule has 2 N–H and O–H groups in total. The van der Waals surface area contributed by atoms with E-state index in [1.54, 1.807) is 52.8 Å². The van der Waals surface area contributed by atoms with Crippen molar-refractivity contribution in [2.45, 2.75) is 20.8 Å². The molecule has 3 rings (SSSR count). The number of methoxy groups -OCH3 is 1. The highest BCUT2D eigenvalue weighted by atomic mass is 19.1. The molecule has 2 amide bonds. The molecule has 0 spiro atoms. The Morgan fingerprint density at radius 3 is 2.29 bits per heavy atom. The second kappa shape index (κ2) is 11.3. The Morgan fingerprint density at radius 2 is 1.69 bits per heavy atom. The Kier molecular flexibility index (Phi) is 8.23. The maximum atomic E-state index is 13.5. The molecule has 0 aliphatic heterocycles. The molecule has 3 aromatic rings. The fraction of sp³-hybridized carbons (Fsp3) is 0.269. The van der Waals surface area contributed by atoms with E-state index < -0.39 is 0 Å². The smallest absolute Gasteiger partial charge is 0.239 e. The summed E-state index contributed by atoms with van der Waals surface area (Å²) >= 11 is 0. The number of likely N-dealkylation sites (N-methyl/N-ethyl adjacent to an activating group) is 1. The zero-order chi connectivity index (χ0) is 25.5. The number of aromatic nitrogens is 1. The van der Waals surface area contributed by atoms with Gasteiger partial charge in [0.25, 0.3) is 0 Å². The van der Waals surface area contributed by atoms with Gasteiger partial charge in [-0.05, 0) is 62.4 Å². The third-order valence-electron chi connectivity index (χ3n) is 5.73. The summed E-state index contributed by atoms with van der Waals surface area (Å²) in [5.41, 5.74) is 2.97. The number of carbonyl (C=O) groups excluding carboxylic acids is 2. The van der Waals surface area contributed by atoms with Crippen LogP contribution in [-0.2, 0) is 9.59 Å². The van der Waals surface area contributed by atoms with Crippen molar-refractivity contribution < 1.29 is 18.7 Å². The van der Waals surface area contributed by atoms with Crippen LogP contribution in [0.25, 0.3) is 5.69 Å². The van der Waals surface area contributed by atoms with Crippen molar-refractivity contribution >= 4 is 23.3 Å². The van der Waals surface area contributed by atoms with E-state index in [9.17, 15) is 19.2 Å². The third kappa shape index (κ3) is 5.86. The SMILES string of the molecule is CCN(CC(=O)Nc1ccccc1OC)CC(=O)Nc1c(C#N)c(C)c(C)n1-c1ccc(F)cc1. The molecule has 0 aliphatic rings. The summed E-state index contributed by atoms with van der Waals surface area (Å²) in [5.74, 6) is -0.199. The molecule has 9 heteroatoms.